The minimum atomic E-state index is -0.0323. The third-order valence-corrected chi connectivity index (χ3v) is 4.06. The van der Waals surface area contributed by atoms with Crippen LogP contribution < -0.4 is 5.73 Å². The molecule has 4 nitrogen and oxygen atoms in total. The van der Waals surface area contributed by atoms with Crippen LogP contribution in [0.15, 0.2) is 0 Å². The molecule has 0 aromatic carbocycles. The molecular formula is C14H31Cl2N3O. The second-order valence-corrected chi connectivity index (χ2v) is 6.80. The van der Waals surface area contributed by atoms with Gasteiger partial charge in [0.15, 0.2) is 0 Å². The molecule has 0 saturated carbocycles. The second kappa shape index (κ2) is 8.42. The molecule has 6 heteroatoms. The lowest BCUT2D eigenvalue weighted by atomic mass is 9.79. The largest absolute Gasteiger partial charge is 0.341 e. The maximum Gasteiger partial charge on any atom is 0.240 e. The van der Waals surface area contributed by atoms with Gasteiger partial charge in [0.05, 0.1) is 6.04 Å². The minimum Gasteiger partial charge on any atom is -0.341 e. The van der Waals surface area contributed by atoms with Gasteiger partial charge in [-0.25, -0.2) is 0 Å². The molecule has 2 atom stereocenters. The molecule has 1 rings (SSSR count). The Hall–Kier alpha value is -0.0300. The molecule has 2 N–H and O–H groups in total. The highest BCUT2D eigenvalue weighted by Gasteiger charge is 2.38. The zero-order valence-electron chi connectivity index (χ0n) is 13.5. The van der Waals surface area contributed by atoms with E-state index in [9.17, 15) is 4.79 Å². The smallest absolute Gasteiger partial charge is 0.240 e. The van der Waals surface area contributed by atoms with Crippen LogP contribution in [-0.4, -0.2) is 55.0 Å². The molecular weight excluding hydrogens is 297 g/mol. The molecule has 0 bridgehead atoms. The van der Waals surface area contributed by atoms with E-state index in [1.165, 1.54) is 0 Å². The van der Waals surface area contributed by atoms with Crippen LogP contribution in [0.1, 0.15) is 34.1 Å². The number of hydrogen-bond acceptors (Lipinski definition) is 3. The van der Waals surface area contributed by atoms with Gasteiger partial charge in [0, 0.05) is 19.1 Å². The van der Waals surface area contributed by atoms with Gasteiger partial charge in [-0.2, -0.15) is 0 Å². The van der Waals surface area contributed by atoms with E-state index < -0.39 is 0 Å². The first-order valence-corrected chi connectivity index (χ1v) is 6.87. The van der Waals surface area contributed by atoms with E-state index in [2.05, 4.69) is 27.7 Å². The molecule has 20 heavy (non-hydrogen) atoms. The molecule has 0 spiro atoms. The SMILES string of the molecule is CC(C)[C@@H](C(=O)N1CCC(N)C(C)(C)C1)N(C)C.Cl.Cl. The lowest BCUT2D eigenvalue weighted by molar-refractivity contribution is -0.141. The monoisotopic (exact) mass is 327 g/mol. The van der Waals surface area contributed by atoms with Crippen LogP contribution in [-0.2, 0) is 4.79 Å². The molecule has 0 aromatic heterocycles. The Bertz CT molecular complexity index is 301. The molecule has 1 aliphatic rings. The zero-order chi connectivity index (χ0) is 14.1. The van der Waals surface area contributed by atoms with Crippen LogP contribution in [0.5, 0.6) is 0 Å². The van der Waals surface area contributed by atoms with Gasteiger partial charge in [-0.3, -0.25) is 9.69 Å². The fourth-order valence-electron chi connectivity index (χ4n) is 2.85. The molecule has 1 aliphatic heterocycles. The normalized spacial score (nSPS) is 23.1. The van der Waals surface area contributed by atoms with Gasteiger partial charge in [-0.05, 0) is 31.8 Å². The number of piperidine rings is 1. The van der Waals surface area contributed by atoms with E-state index in [-0.39, 0.29) is 48.2 Å². The van der Waals surface area contributed by atoms with E-state index >= 15 is 0 Å². The summed E-state index contributed by atoms with van der Waals surface area (Å²) in [5.41, 5.74) is 6.14. The van der Waals surface area contributed by atoms with Crippen LogP contribution in [0.2, 0.25) is 0 Å². The van der Waals surface area contributed by atoms with E-state index in [0.29, 0.717) is 5.92 Å². The third-order valence-electron chi connectivity index (χ3n) is 4.06. The highest BCUT2D eigenvalue weighted by molar-refractivity contribution is 5.85. The predicted octanol–water partition coefficient (Wildman–Crippen LogP) is 2.00. The van der Waals surface area contributed by atoms with Crippen molar-refractivity contribution in [2.75, 3.05) is 27.2 Å². The standard InChI is InChI=1S/C14H29N3O.2ClH/c1-10(2)12(16(5)6)13(18)17-8-7-11(15)14(3,4)9-17;;/h10-12H,7-9,15H2,1-6H3;2*1H/t11?,12-;;/m0../s1. The highest BCUT2D eigenvalue weighted by Crippen LogP contribution is 2.28. The number of carbonyl (C=O) groups is 1. The maximum atomic E-state index is 12.6. The van der Waals surface area contributed by atoms with Crippen molar-refractivity contribution in [2.45, 2.75) is 46.2 Å². The fourth-order valence-corrected chi connectivity index (χ4v) is 2.85. The number of nitrogens with two attached hydrogens (primary N) is 1. The number of amides is 1. The molecule has 1 fully saturated rings. The molecule has 0 aromatic rings. The lowest BCUT2D eigenvalue weighted by Gasteiger charge is -2.44. The van der Waals surface area contributed by atoms with Gasteiger partial charge < -0.3 is 10.6 Å². The topological polar surface area (TPSA) is 49.6 Å². The van der Waals surface area contributed by atoms with Crippen molar-refractivity contribution >= 4 is 30.7 Å². The second-order valence-electron chi connectivity index (χ2n) is 6.80. The molecule has 0 radical (unpaired) electrons. The zero-order valence-corrected chi connectivity index (χ0v) is 15.2. The van der Waals surface area contributed by atoms with Crippen molar-refractivity contribution in [3.8, 4) is 0 Å². The Balaban J connectivity index is 0. The van der Waals surface area contributed by atoms with Gasteiger partial charge in [0.25, 0.3) is 0 Å². The number of halogens is 2. The van der Waals surface area contributed by atoms with Crippen molar-refractivity contribution in [3.63, 3.8) is 0 Å². The Morgan fingerprint density at radius 3 is 2.15 bits per heavy atom. The third kappa shape index (κ3) is 5.06. The van der Waals surface area contributed by atoms with Gasteiger partial charge in [0.1, 0.15) is 0 Å². The Kier molecular flexibility index (Phi) is 9.37. The minimum absolute atomic E-state index is 0. The van der Waals surface area contributed by atoms with Gasteiger partial charge in [-0.15, -0.1) is 24.8 Å². The summed E-state index contributed by atoms with van der Waals surface area (Å²) < 4.78 is 0. The predicted molar refractivity (Wildman–Crippen MR) is 89.8 cm³/mol. The summed E-state index contributed by atoms with van der Waals surface area (Å²) in [5, 5.41) is 0. The average Bonchev–Trinajstić information content (AvgIpc) is 2.20. The fraction of sp³-hybridized carbons (Fsp3) is 0.929. The number of likely N-dealkylation sites (tertiary alicyclic amines) is 1. The summed E-state index contributed by atoms with van der Waals surface area (Å²) in [6.07, 6.45) is 0.900. The summed E-state index contributed by atoms with van der Waals surface area (Å²) in [4.78, 5) is 16.6. The highest BCUT2D eigenvalue weighted by atomic mass is 35.5. The van der Waals surface area contributed by atoms with Gasteiger partial charge in [-0.1, -0.05) is 27.7 Å². The van der Waals surface area contributed by atoms with Crippen molar-refractivity contribution in [2.24, 2.45) is 17.1 Å². The Morgan fingerprint density at radius 1 is 1.30 bits per heavy atom. The van der Waals surface area contributed by atoms with Crippen molar-refractivity contribution in [1.82, 2.24) is 9.80 Å². The molecule has 1 unspecified atom stereocenters. The first-order valence-electron chi connectivity index (χ1n) is 6.87. The van der Waals surface area contributed by atoms with Crippen LogP contribution >= 0.6 is 24.8 Å². The summed E-state index contributed by atoms with van der Waals surface area (Å²) >= 11 is 0. The maximum absolute atomic E-state index is 12.6. The summed E-state index contributed by atoms with van der Waals surface area (Å²) in [7, 11) is 3.95. The molecule has 1 heterocycles. The van der Waals surface area contributed by atoms with E-state index in [1.54, 1.807) is 0 Å². The van der Waals surface area contributed by atoms with Gasteiger partial charge >= 0.3 is 0 Å². The molecule has 1 amide bonds. The van der Waals surface area contributed by atoms with E-state index in [0.717, 1.165) is 19.5 Å². The number of rotatable bonds is 3. The van der Waals surface area contributed by atoms with Crippen molar-refractivity contribution in [1.29, 1.82) is 0 Å². The van der Waals surface area contributed by atoms with Crippen LogP contribution in [0.25, 0.3) is 0 Å². The molecule has 0 aliphatic carbocycles. The number of nitrogens with zero attached hydrogens (tertiary/aromatic N) is 2. The number of carbonyl (C=O) groups excluding carboxylic acids is 1. The first-order chi connectivity index (χ1) is 8.16. The van der Waals surface area contributed by atoms with Crippen molar-refractivity contribution < 1.29 is 4.79 Å². The Labute approximate surface area is 136 Å². The van der Waals surface area contributed by atoms with E-state index in [1.807, 2.05) is 23.9 Å². The summed E-state index contributed by atoms with van der Waals surface area (Å²) in [6.45, 7) is 10.1. The average molecular weight is 328 g/mol. The molecule has 122 valence electrons. The van der Waals surface area contributed by atoms with Crippen LogP contribution in [0.4, 0.5) is 0 Å². The lowest BCUT2D eigenvalue weighted by Crippen LogP contribution is -2.58. The first kappa shape index (κ1) is 22.3. The van der Waals surface area contributed by atoms with Crippen molar-refractivity contribution in [3.05, 3.63) is 0 Å². The quantitative estimate of drug-likeness (QED) is 0.862. The number of hydrogen-bond donors (Lipinski definition) is 1. The van der Waals surface area contributed by atoms with Crippen LogP contribution in [0.3, 0.4) is 0 Å². The molecule has 1 saturated heterocycles. The Morgan fingerprint density at radius 2 is 1.80 bits per heavy atom. The summed E-state index contributed by atoms with van der Waals surface area (Å²) in [5.74, 6) is 0.571. The van der Waals surface area contributed by atoms with Gasteiger partial charge in [0.2, 0.25) is 5.91 Å². The van der Waals surface area contributed by atoms with E-state index in [4.69, 9.17) is 5.73 Å². The van der Waals surface area contributed by atoms with Crippen LogP contribution in [0, 0.1) is 11.3 Å². The number of likely N-dealkylation sites (N-methyl/N-ethyl adjacent to an activating group) is 1. The summed E-state index contributed by atoms with van der Waals surface area (Å²) in [6, 6.07) is 0.161.